The second kappa shape index (κ2) is 6.00. The molecule has 1 atom stereocenters. The van der Waals surface area contributed by atoms with Crippen molar-refractivity contribution in [1.82, 2.24) is 5.32 Å². The number of rotatable bonds is 2. The molecule has 0 aliphatic carbocycles. The third kappa shape index (κ3) is 3.24. The molecular formula is C13H15BrCl2N2O. The van der Waals surface area contributed by atoms with E-state index in [1.165, 1.54) is 0 Å². The van der Waals surface area contributed by atoms with Crippen molar-refractivity contribution in [3.63, 3.8) is 0 Å². The summed E-state index contributed by atoms with van der Waals surface area (Å²) in [6, 6.07) is 3.51. The van der Waals surface area contributed by atoms with Gasteiger partial charge in [0.1, 0.15) is 0 Å². The van der Waals surface area contributed by atoms with Gasteiger partial charge in [-0.05, 0) is 54.4 Å². The Bertz CT molecular complexity index is 502. The highest BCUT2D eigenvalue weighted by Gasteiger charge is 2.34. The van der Waals surface area contributed by atoms with Crippen molar-refractivity contribution < 1.29 is 4.79 Å². The van der Waals surface area contributed by atoms with Crippen LogP contribution in [0.4, 0.5) is 5.69 Å². The van der Waals surface area contributed by atoms with Crippen LogP contribution in [0.2, 0.25) is 10.0 Å². The largest absolute Gasteiger partial charge is 0.324 e. The maximum atomic E-state index is 12.4. The van der Waals surface area contributed by atoms with Gasteiger partial charge in [-0.15, -0.1) is 0 Å². The summed E-state index contributed by atoms with van der Waals surface area (Å²) in [4.78, 5) is 12.4. The Kier molecular flexibility index (Phi) is 4.77. The predicted molar refractivity (Wildman–Crippen MR) is 83.0 cm³/mol. The quantitative estimate of drug-likeness (QED) is 0.775. The Labute approximate surface area is 131 Å². The van der Waals surface area contributed by atoms with Crippen molar-refractivity contribution in [1.29, 1.82) is 0 Å². The van der Waals surface area contributed by atoms with Crippen LogP contribution >= 0.6 is 39.1 Å². The molecular weight excluding hydrogens is 351 g/mol. The topological polar surface area (TPSA) is 41.1 Å². The van der Waals surface area contributed by atoms with E-state index >= 15 is 0 Å². The lowest BCUT2D eigenvalue weighted by molar-refractivity contribution is -0.125. The molecule has 19 heavy (non-hydrogen) atoms. The van der Waals surface area contributed by atoms with Crippen LogP contribution in [0.3, 0.4) is 0 Å². The third-order valence-electron chi connectivity index (χ3n) is 3.43. The second-order valence-electron chi connectivity index (χ2n) is 5.02. The summed E-state index contributed by atoms with van der Waals surface area (Å²) in [6.07, 6.45) is 1.87. The van der Waals surface area contributed by atoms with E-state index in [0.29, 0.717) is 26.8 Å². The lowest BCUT2D eigenvalue weighted by Crippen LogP contribution is -2.46. The lowest BCUT2D eigenvalue weighted by atomic mass is 9.82. The van der Waals surface area contributed by atoms with Gasteiger partial charge in [0.25, 0.3) is 0 Å². The summed E-state index contributed by atoms with van der Waals surface area (Å²) in [5.41, 5.74) is 0.146. The molecule has 1 aliphatic heterocycles. The van der Waals surface area contributed by atoms with E-state index in [0.717, 1.165) is 19.4 Å². The van der Waals surface area contributed by atoms with E-state index in [2.05, 4.69) is 26.6 Å². The molecule has 0 saturated carbocycles. The highest BCUT2D eigenvalue weighted by Crippen LogP contribution is 2.37. The monoisotopic (exact) mass is 364 g/mol. The van der Waals surface area contributed by atoms with E-state index in [1.807, 2.05) is 6.92 Å². The molecule has 1 aromatic carbocycles. The molecule has 1 aliphatic rings. The molecule has 1 unspecified atom stereocenters. The number of hydrogen-bond donors (Lipinski definition) is 2. The first-order chi connectivity index (χ1) is 8.94. The van der Waals surface area contributed by atoms with Crippen LogP contribution in [-0.2, 0) is 4.79 Å². The second-order valence-corrected chi connectivity index (χ2v) is 6.63. The number of carbonyl (C=O) groups is 1. The molecule has 0 bridgehead atoms. The SMILES string of the molecule is CC1(C(=O)Nc2ccc(Br)c(Cl)c2Cl)CCCNC1. The van der Waals surface area contributed by atoms with Gasteiger partial charge < -0.3 is 10.6 Å². The fourth-order valence-electron chi connectivity index (χ4n) is 2.15. The lowest BCUT2D eigenvalue weighted by Gasteiger charge is -2.32. The summed E-state index contributed by atoms with van der Waals surface area (Å²) >= 11 is 15.5. The van der Waals surface area contributed by atoms with Gasteiger partial charge in [0, 0.05) is 11.0 Å². The molecule has 3 nitrogen and oxygen atoms in total. The van der Waals surface area contributed by atoms with Crippen molar-refractivity contribution in [2.75, 3.05) is 18.4 Å². The molecule has 0 radical (unpaired) electrons. The average Bonchev–Trinajstić information content (AvgIpc) is 2.40. The fraction of sp³-hybridized carbons (Fsp3) is 0.462. The van der Waals surface area contributed by atoms with Gasteiger partial charge in [-0.25, -0.2) is 0 Å². The normalized spacial score (nSPS) is 23.2. The van der Waals surface area contributed by atoms with Gasteiger partial charge in [0.05, 0.1) is 21.1 Å². The number of amides is 1. The summed E-state index contributed by atoms with van der Waals surface area (Å²) < 4.78 is 0.711. The molecule has 0 spiro atoms. The van der Waals surface area contributed by atoms with Gasteiger partial charge in [-0.2, -0.15) is 0 Å². The van der Waals surface area contributed by atoms with Gasteiger partial charge >= 0.3 is 0 Å². The fourth-order valence-corrected chi connectivity index (χ4v) is 2.97. The standard InChI is InChI=1S/C13H15BrCl2N2O/c1-13(5-2-6-17-7-13)12(19)18-9-4-3-8(14)10(15)11(9)16/h3-4,17H,2,5-7H2,1H3,(H,18,19). The highest BCUT2D eigenvalue weighted by molar-refractivity contribution is 9.10. The van der Waals surface area contributed by atoms with Crippen LogP contribution in [0, 0.1) is 5.41 Å². The van der Waals surface area contributed by atoms with Crippen LogP contribution in [0.25, 0.3) is 0 Å². The molecule has 6 heteroatoms. The van der Waals surface area contributed by atoms with Crippen LogP contribution in [0.5, 0.6) is 0 Å². The Balaban J connectivity index is 2.17. The molecule has 2 N–H and O–H groups in total. The molecule has 1 saturated heterocycles. The Morgan fingerprint density at radius 1 is 1.42 bits per heavy atom. The number of hydrogen-bond acceptors (Lipinski definition) is 2. The number of nitrogens with one attached hydrogen (secondary N) is 2. The first kappa shape index (κ1) is 15.1. The van der Waals surface area contributed by atoms with Crippen molar-refractivity contribution in [3.8, 4) is 0 Å². The molecule has 104 valence electrons. The van der Waals surface area contributed by atoms with Gasteiger partial charge in [0.2, 0.25) is 5.91 Å². The number of halogens is 3. The smallest absolute Gasteiger partial charge is 0.231 e. The van der Waals surface area contributed by atoms with E-state index in [9.17, 15) is 4.79 Å². The molecule has 1 aromatic rings. The van der Waals surface area contributed by atoms with Crippen LogP contribution < -0.4 is 10.6 Å². The zero-order valence-electron chi connectivity index (χ0n) is 10.5. The Morgan fingerprint density at radius 2 is 2.16 bits per heavy atom. The van der Waals surface area contributed by atoms with Crippen LogP contribution in [0.1, 0.15) is 19.8 Å². The van der Waals surface area contributed by atoms with E-state index < -0.39 is 5.41 Å². The summed E-state index contributed by atoms with van der Waals surface area (Å²) in [7, 11) is 0. The van der Waals surface area contributed by atoms with Gasteiger partial charge in [-0.3, -0.25) is 4.79 Å². The van der Waals surface area contributed by atoms with Crippen molar-refractivity contribution in [2.24, 2.45) is 5.41 Å². The van der Waals surface area contributed by atoms with E-state index in [4.69, 9.17) is 23.2 Å². The minimum Gasteiger partial charge on any atom is -0.324 e. The van der Waals surface area contributed by atoms with E-state index in [-0.39, 0.29) is 5.91 Å². The maximum Gasteiger partial charge on any atom is 0.231 e. The number of anilines is 1. The van der Waals surface area contributed by atoms with E-state index in [1.54, 1.807) is 12.1 Å². The predicted octanol–water partition coefficient (Wildman–Crippen LogP) is 4.08. The summed E-state index contributed by atoms with van der Waals surface area (Å²) in [5, 5.41) is 6.89. The summed E-state index contributed by atoms with van der Waals surface area (Å²) in [5.74, 6) is -0.0278. The summed E-state index contributed by atoms with van der Waals surface area (Å²) in [6.45, 7) is 3.61. The minimum absolute atomic E-state index is 0.0278. The number of benzene rings is 1. The van der Waals surface area contributed by atoms with Gasteiger partial charge in [-0.1, -0.05) is 23.2 Å². The van der Waals surface area contributed by atoms with Crippen molar-refractivity contribution in [2.45, 2.75) is 19.8 Å². The molecule has 2 rings (SSSR count). The zero-order chi connectivity index (χ0) is 14.0. The highest BCUT2D eigenvalue weighted by atomic mass is 79.9. The third-order valence-corrected chi connectivity index (χ3v) is 5.20. The molecule has 1 fully saturated rings. The molecule has 0 aromatic heterocycles. The van der Waals surface area contributed by atoms with Gasteiger partial charge in [0.15, 0.2) is 0 Å². The minimum atomic E-state index is -0.402. The molecule has 1 amide bonds. The van der Waals surface area contributed by atoms with Crippen LogP contribution in [0.15, 0.2) is 16.6 Å². The number of piperidine rings is 1. The maximum absolute atomic E-state index is 12.4. The first-order valence-electron chi connectivity index (χ1n) is 6.10. The van der Waals surface area contributed by atoms with Crippen molar-refractivity contribution >= 4 is 50.7 Å². The Morgan fingerprint density at radius 3 is 2.79 bits per heavy atom. The van der Waals surface area contributed by atoms with Crippen molar-refractivity contribution in [3.05, 3.63) is 26.7 Å². The average molecular weight is 366 g/mol. The number of carbonyl (C=O) groups excluding carboxylic acids is 1. The first-order valence-corrected chi connectivity index (χ1v) is 7.64. The zero-order valence-corrected chi connectivity index (χ0v) is 13.6. The van der Waals surface area contributed by atoms with Crippen LogP contribution in [-0.4, -0.2) is 19.0 Å². The molecule has 1 heterocycles. The Hall–Kier alpha value is -0.290.